The molecule has 2 heterocycles. The second-order valence-electron chi connectivity index (χ2n) is 5.15. The van der Waals surface area contributed by atoms with Crippen molar-refractivity contribution >= 4 is 35.2 Å². The Morgan fingerprint density at radius 1 is 1.38 bits per heavy atom. The third-order valence-corrected chi connectivity index (χ3v) is 6.52. The van der Waals surface area contributed by atoms with E-state index in [1.807, 2.05) is 53.9 Å². The standard InChI is InChI=1S/C16H16N4O2S2/c17-8-12-9-19-20(15(12)18)14(21)10-22-13-4-2-11(3-5-13)16-23-6-1-7-24-16/h2-5,9,16H,1,6-7,10,18H2. The van der Waals surface area contributed by atoms with Gasteiger partial charge >= 0.3 is 0 Å². The number of anilines is 1. The van der Waals surface area contributed by atoms with Gasteiger partial charge in [-0.15, -0.1) is 23.5 Å². The molecule has 1 aliphatic heterocycles. The van der Waals surface area contributed by atoms with Gasteiger partial charge in [0.25, 0.3) is 5.91 Å². The van der Waals surface area contributed by atoms with Gasteiger partial charge in [-0.25, -0.2) is 0 Å². The number of hydrogen-bond acceptors (Lipinski definition) is 7. The van der Waals surface area contributed by atoms with Crippen molar-refractivity contribution < 1.29 is 9.53 Å². The first-order valence-electron chi connectivity index (χ1n) is 7.42. The van der Waals surface area contributed by atoms with Crippen molar-refractivity contribution in [3.05, 3.63) is 41.6 Å². The van der Waals surface area contributed by atoms with E-state index in [9.17, 15) is 4.79 Å². The molecule has 0 unspecified atom stereocenters. The molecule has 0 spiro atoms. The monoisotopic (exact) mass is 360 g/mol. The van der Waals surface area contributed by atoms with Gasteiger partial charge < -0.3 is 10.5 Å². The summed E-state index contributed by atoms with van der Waals surface area (Å²) in [6, 6.07) is 9.68. The van der Waals surface area contributed by atoms with Crippen molar-refractivity contribution in [1.29, 1.82) is 5.26 Å². The SMILES string of the molecule is N#Cc1cnn(C(=O)COc2ccc(C3SCCCS3)cc2)c1N. The number of ether oxygens (including phenoxy) is 1. The van der Waals surface area contributed by atoms with Gasteiger partial charge in [0.15, 0.2) is 6.61 Å². The molecule has 124 valence electrons. The number of hydrogen-bond donors (Lipinski definition) is 1. The Balaban J connectivity index is 1.59. The number of thioether (sulfide) groups is 2. The molecular weight excluding hydrogens is 344 g/mol. The molecule has 0 atom stereocenters. The maximum atomic E-state index is 12.1. The average Bonchev–Trinajstić information content (AvgIpc) is 3.01. The molecule has 0 radical (unpaired) electrons. The first-order valence-corrected chi connectivity index (χ1v) is 9.51. The smallest absolute Gasteiger partial charge is 0.286 e. The van der Waals surface area contributed by atoms with Gasteiger partial charge in [-0.2, -0.15) is 15.0 Å². The molecule has 1 aromatic carbocycles. The second-order valence-corrected chi connectivity index (χ2v) is 7.87. The van der Waals surface area contributed by atoms with Crippen LogP contribution in [0, 0.1) is 11.3 Å². The van der Waals surface area contributed by atoms with Crippen LogP contribution < -0.4 is 10.5 Å². The van der Waals surface area contributed by atoms with Crippen molar-refractivity contribution in [3.8, 4) is 11.8 Å². The molecular formula is C16H16N4O2S2. The predicted octanol–water partition coefficient (Wildman–Crippen LogP) is 2.92. The highest BCUT2D eigenvalue weighted by Crippen LogP contribution is 2.43. The van der Waals surface area contributed by atoms with E-state index in [1.165, 1.54) is 29.7 Å². The molecule has 2 N–H and O–H groups in total. The molecule has 1 saturated heterocycles. The zero-order valence-corrected chi connectivity index (χ0v) is 14.5. The van der Waals surface area contributed by atoms with Gasteiger partial charge in [0.05, 0.1) is 10.8 Å². The summed E-state index contributed by atoms with van der Waals surface area (Å²) in [5.41, 5.74) is 7.12. The number of nitriles is 1. The van der Waals surface area contributed by atoms with Crippen LogP contribution in [0.15, 0.2) is 30.5 Å². The number of rotatable bonds is 4. The van der Waals surface area contributed by atoms with Gasteiger partial charge in [0.1, 0.15) is 23.2 Å². The minimum atomic E-state index is -0.420. The Kier molecular flexibility index (Phi) is 5.33. The number of carbonyl (C=O) groups excluding carboxylic acids is 1. The summed E-state index contributed by atoms with van der Waals surface area (Å²) in [7, 11) is 0. The van der Waals surface area contributed by atoms with Crippen LogP contribution in [0.1, 0.15) is 26.9 Å². The maximum Gasteiger partial charge on any atom is 0.286 e. The van der Waals surface area contributed by atoms with Crippen molar-refractivity contribution in [3.63, 3.8) is 0 Å². The summed E-state index contributed by atoms with van der Waals surface area (Å²) in [6.45, 7) is -0.191. The Labute approximate surface area is 148 Å². The van der Waals surface area contributed by atoms with Gasteiger partial charge in [-0.05, 0) is 35.6 Å². The predicted molar refractivity (Wildman–Crippen MR) is 96.2 cm³/mol. The molecule has 6 nitrogen and oxygen atoms in total. The second kappa shape index (κ2) is 7.64. The van der Waals surface area contributed by atoms with Crippen LogP contribution >= 0.6 is 23.5 Å². The summed E-state index contributed by atoms with van der Waals surface area (Å²) in [4.78, 5) is 12.1. The Hall–Kier alpha value is -2.11. The molecule has 0 amide bonds. The zero-order valence-electron chi connectivity index (χ0n) is 12.8. The van der Waals surface area contributed by atoms with E-state index < -0.39 is 5.91 Å². The minimum Gasteiger partial charge on any atom is -0.484 e. The summed E-state index contributed by atoms with van der Waals surface area (Å²) >= 11 is 3.92. The van der Waals surface area contributed by atoms with Gasteiger partial charge in [-0.3, -0.25) is 4.79 Å². The highest BCUT2D eigenvalue weighted by Gasteiger charge is 2.17. The van der Waals surface area contributed by atoms with Crippen LogP contribution in [0.4, 0.5) is 5.82 Å². The quantitative estimate of drug-likeness (QED) is 0.896. The minimum absolute atomic E-state index is 0.0350. The Morgan fingerprint density at radius 3 is 2.71 bits per heavy atom. The molecule has 1 aromatic heterocycles. The topological polar surface area (TPSA) is 93.9 Å². The number of benzene rings is 1. The molecule has 0 aliphatic carbocycles. The third-order valence-electron chi connectivity index (χ3n) is 3.50. The van der Waals surface area contributed by atoms with Gasteiger partial charge in [-0.1, -0.05) is 12.1 Å². The first kappa shape index (κ1) is 16.7. The average molecular weight is 360 g/mol. The van der Waals surface area contributed by atoms with E-state index in [0.717, 1.165) is 4.68 Å². The van der Waals surface area contributed by atoms with Crippen LogP contribution in [0.5, 0.6) is 5.75 Å². The van der Waals surface area contributed by atoms with Crippen LogP contribution in [-0.4, -0.2) is 33.8 Å². The van der Waals surface area contributed by atoms with Gasteiger partial charge in [0.2, 0.25) is 0 Å². The van der Waals surface area contributed by atoms with Crippen molar-refractivity contribution in [2.75, 3.05) is 23.8 Å². The number of aromatic nitrogens is 2. The maximum absolute atomic E-state index is 12.1. The lowest BCUT2D eigenvalue weighted by atomic mass is 10.2. The van der Waals surface area contributed by atoms with E-state index in [-0.39, 0.29) is 18.0 Å². The normalized spacial score (nSPS) is 15.0. The fourth-order valence-electron chi connectivity index (χ4n) is 2.25. The number of carbonyl (C=O) groups is 1. The van der Waals surface area contributed by atoms with Crippen molar-refractivity contribution in [1.82, 2.24) is 9.78 Å². The van der Waals surface area contributed by atoms with Crippen molar-refractivity contribution in [2.24, 2.45) is 0 Å². The van der Waals surface area contributed by atoms with Crippen LogP contribution in [0.3, 0.4) is 0 Å². The summed E-state index contributed by atoms with van der Waals surface area (Å²) in [5, 5.41) is 12.6. The Morgan fingerprint density at radius 2 is 2.08 bits per heavy atom. The van der Waals surface area contributed by atoms with Crippen molar-refractivity contribution in [2.45, 2.75) is 11.0 Å². The lowest BCUT2D eigenvalue weighted by Gasteiger charge is -2.21. The number of nitrogens with two attached hydrogens (primary N) is 1. The fraction of sp³-hybridized carbons (Fsp3) is 0.312. The summed E-state index contributed by atoms with van der Waals surface area (Å²) < 4.78 is 6.96. The zero-order chi connectivity index (χ0) is 16.9. The van der Waals surface area contributed by atoms with E-state index in [2.05, 4.69) is 5.10 Å². The largest absolute Gasteiger partial charge is 0.484 e. The number of nitrogen functional groups attached to an aromatic ring is 1. The highest BCUT2D eigenvalue weighted by atomic mass is 32.2. The van der Waals surface area contributed by atoms with E-state index >= 15 is 0 Å². The highest BCUT2D eigenvalue weighted by molar-refractivity contribution is 8.16. The Bertz CT molecular complexity index is 761. The van der Waals surface area contributed by atoms with E-state index in [4.69, 9.17) is 15.7 Å². The summed E-state index contributed by atoms with van der Waals surface area (Å²) in [5.74, 6) is 2.62. The number of nitrogens with zero attached hydrogens (tertiary/aromatic N) is 3. The fourth-order valence-corrected chi connectivity index (χ4v) is 5.14. The molecule has 0 saturated carbocycles. The molecule has 0 bridgehead atoms. The van der Waals surface area contributed by atoms with Crippen LogP contribution in [0.2, 0.25) is 0 Å². The molecule has 8 heteroatoms. The summed E-state index contributed by atoms with van der Waals surface area (Å²) in [6.07, 6.45) is 2.53. The molecule has 2 aromatic rings. The molecule has 24 heavy (non-hydrogen) atoms. The first-order chi connectivity index (χ1) is 11.7. The molecule has 1 fully saturated rings. The van der Waals surface area contributed by atoms with E-state index in [1.54, 1.807) is 0 Å². The lowest BCUT2D eigenvalue weighted by Crippen LogP contribution is -2.22. The van der Waals surface area contributed by atoms with E-state index in [0.29, 0.717) is 10.3 Å². The van der Waals surface area contributed by atoms with Crippen LogP contribution in [0.25, 0.3) is 0 Å². The third kappa shape index (κ3) is 3.68. The molecule has 3 rings (SSSR count). The lowest BCUT2D eigenvalue weighted by molar-refractivity contribution is 0.0824. The van der Waals surface area contributed by atoms with Gasteiger partial charge in [0, 0.05) is 0 Å². The molecule has 1 aliphatic rings. The van der Waals surface area contributed by atoms with Crippen LogP contribution in [-0.2, 0) is 0 Å².